The minimum atomic E-state index is -0.949. The van der Waals surface area contributed by atoms with Crippen molar-refractivity contribution in [1.29, 1.82) is 0 Å². The molecule has 0 aliphatic heterocycles. The third-order valence-corrected chi connectivity index (χ3v) is 2.31. The summed E-state index contributed by atoms with van der Waals surface area (Å²) in [6.45, 7) is 3.49. The molecule has 0 bridgehead atoms. The number of carbonyl (C=O) groups is 2. The van der Waals surface area contributed by atoms with Crippen molar-refractivity contribution in [3.8, 4) is 0 Å². The van der Waals surface area contributed by atoms with Crippen LogP contribution in [-0.4, -0.2) is 23.0 Å². The summed E-state index contributed by atoms with van der Waals surface area (Å²) in [6.07, 6.45) is -0.114. The van der Waals surface area contributed by atoms with Gasteiger partial charge in [-0.2, -0.15) is 0 Å². The van der Waals surface area contributed by atoms with Crippen LogP contribution in [0.15, 0.2) is 18.2 Å². The zero-order chi connectivity index (χ0) is 13.0. The van der Waals surface area contributed by atoms with Crippen molar-refractivity contribution in [2.45, 2.75) is 26.3 Å². The van der Waals surface area contributed by atoms with E-state index in [9.17, 15) is 9.59 Å². The van der Waals surface area contributed by atoms with Gasteiger partial charge in [0, 0.05) is 11.7 Å². The van der Waals surface area contributed by atoms with Crippen LogP contribution in [0.1, 0.15) is 29.3 Å². The summed E-state index contributed by atoms with van der Waals surface area (Å²) >= 11 is 0. The van der Waals surface area contributed by atoms with E-state index in [0.29, 0.717) is 11.3 Å². The fourth-order valence-corrected chi connectivity index (χ4v) is 1.48. The molecule has 5 nitrogen and oxygen atoms in total. The van der Waals surface area contributed by atoms with E-state index in [4.69, 9.17) is 10.8 Å². The van der Waals surface area contributed by atoms with E-state index in [-0.39, 0.29) is 12.3 Å². The number of aryl methyl sites for hydroxylation is 1. The van der Waals surface area contributed by atoms with E-state index < -0.39 is 12.0 Å². The number of rotatable bonds is 4. The summed E-state index contributed by atoms with van der Waals surface area (Å²) in [6, 6.07) is 4.72. The largest absolute Gasteiger partial charge is 0.481 e. The summed E-state index contributed by atoms with van der Waals surface area (Å²) < 4.78 is 0. The van der Waals surface area contributed by atoms with Gasteiger partial charge in [0.15, 0.2) is 0 Å². The summed E-state index contributed by atoms with van der Waals surface area (Å²) in [5.41, 5.74) is 7.38. The molecular formula is C12H16N2O3. The van der Waals surface area contributed by atoms with Crippen molar-refractivity contribution in [3.05, 3.63) is 29.3 Å². The van der Waals surface area contributed by atoms with Crippen molar-refractivity contribution in [2.75, 3.05) is 5.73 Å². The molecule has 5 heteroatoms. The van der Waals surface area contributed by atoms with Crippen LogP contribution in [0.3, 0.4) is 0 Å². The van der Waals surface area contributed by atoms with Crippen LogP contribution in [0, 0.1) is 6.92 Å². The Bertz CT molecular complexity index is 443. The first kappa shape index (κ1) is 13.0. The minimum Gasteiger partial charge on any atom is -0.481 e. The van der Waals surface area contributed by atoms with Crippen LogP contribution < -0.4 is 11.1 Å². The zero-order valence-corrected chi connectivity index (χ0v) is 9.86. The molecule has 0 saturated heterocycles. The molecule has 1 atom stereocenters. The summed E-state index contributed by atoms with van der Waals surface area (Å²) in [5.74, 6) is -1.30. The van der Waals surface area contributed by atoms with E-state index >= 15 is 0 Å². The SMILES string of the molecule is Cc1ccc(N)c(C(=O)NC(C)CC(=O)O)c1. The molecule has 17 heavy (non-hydrogen) atoms. The van der Waals surface area contributed by atoms with E-state index in [2.05, 4.69) is 5.32 Å². The lowest BCUT2D eigenvalue weighted by Gasteiger charge is -2.13. The van der Waals surface area contributed by atoms with E-state index in [1.54, 1.807) is 19.1 Å². The predicted octanol–water partition coefficient (Wildman–Crippen LogP) is 1.17. The minimum absolute atomic E-state index is 0.114. The van der Waals surface area contributed by atoms with Crippen LogP contribution in [0.5, 0.6) is 0 Å². The van der Waals surface area contributed by atoms with Gasteiger partial charge in [-0.15, -0.1) is 0 Å². The molecule has 92 valence electrons. The number of carboxylic acid groups (broad SMARTS) is 1. The molecule has 0 spiro atoms. The molecule has 1 rings (SSSR count). The zero-order valence-electron chi connectivity index (χ0n) is 9.86. The van der Waals surface area contributed by atoms with Crippen molar-refractivity contribution < 1.29 is 14.7 Å². The van der Waals surface area contributed by atoms with Crippen LogP contribution in [0.4, 0.5) is 5.69 Å². The van der Waals surface area contributed by atoms with Crippen molar-refractivity contribution in [1.82, 2.24) is 5.32 Å². The predicted molar refractivity (Wildman–Crippen MR) is 64.8 cm³/mol. The first-order valence-corrected chi connectivity index (χ1v) is 5.29. The number of anilines is 1. The molecule has 0 radical (unpaired) electrons. The van der Waals surface area contributed by atoms with Crippen molar-refractivity contribution in [2.24, 2.45) is 0 Å². The van der Waals surface area contributed by atoms with Crippen molar-refractivity contribution in [3.63, 3.8) is 0 Å². The smallest absolute Gasteiger partial charge is 0.305 e. The normalized spacial score (nSPS) is 11.9. The molecule has 0 aromatic heterocycles. The maximum absolute atomic E-state index is 11.8. The van der Waals surface area contributed by atoms with E-state index in [1.807, 2.05) is 13.0 Å². The van der Waals surface area contributed by atoms with Gasteiger partial charge in [-0.05, 0) is 26.0 Å². The fourth-order valence-electron chi connectivity index (χ4n) is 1.48. The topological polar surface area (TPSA) is 92.4 Å². The maximum Gasteiger partial charge on any atom is 0.305 e. The number of nitrogens with one attached hydrogen (secondary N) is 1. The second kappa shape index (κ2) is 5.34. The van der Waals surface area contributed by atoms with Crippen LogP contribution in [-0.2, 0) is 4.79 Å². The number of nitrogens with two attached hydrogens (primary N) is 1. The fraction of sp³-hybridized carbons (Fsp3) is 0.333. The lowest BCUT2D eigenvalue weighted by molar-refractivity contribution is -0.137. The third-order valence-electron chi connectivity index (χ3n) is 2.31. The Kier molecular flexibility index (Phi) is 4.09. The molecule has 0 aliphatic carbocycles. The second-order valence-electron chi connectivity index (χ2n) is 4.06. The monoisotopic (exact) mass is 236 g/mol. The number of carboxylic acids is 1. The standard InChI is InChI=1S/C12H16N2O3/c1-7-3-4-10(13)9(5-7)12(17)14-8(2)6-11(15)16/h3-5,8H,6,13H2,1-2H3,(H,14,17)(H,15,16). The molecular weight excluding hydrogens is 220 g/mol. The number of hydrogen-bond donors (Lipinski definition) is 3. The molecule has 1 unspecified atom stereocenters. The molecule has 4 N–H and O–H groups in total. The van der Waals surface area contributed by atoms with Gasteiger partial charge in [0.25, 0.3) is 5.91 Å². The van der Waals surface area contributed by atoms with E-state index in [1.165, 1.54) is 0 Å². The average Bonchev–Trinajstić information content (AvgIpc) is 2.20. The maximum atomic E-state index is 11.8. The Morgan fingerprint density at radius 1 is 1.47 bits per heavy atom. The molecule has 0 heterocycles. The van der Waals surface area contributed by atoms with Crippen LogP contribution >= 0.6 is 0 Å². The number of benzene rings is 1. The first-order chi connectivity index (χ1) is 7.90. The number of carbonyl (C=O) groups excluding carboxylic acids is 1. The van der Waals surface area contributed by atoms with Crippen LogP contribution in [0.2, 0.25) is 0 Å². The number of amides is 1. The number of aliphatic carboxylic acids is 1. The quantitative estimate of drug-likeness (QED) is 0.684. The summed E-state index contributed by atoms with van der Waals surface area (Å²) in [5, 5.41) is 11.2. The number of hydrogen-bond acceptors (Lipinski definition) is 3. The van der Waals surface area contributed by atoms with Gasteiger partial charge < -0.3 is 16.2 Å². The molecule has 1 aromatic carbocycles. The van der Waals surface area contributed by atoms with Gasteiger partial charge in [0.1, 0.15) is 0 Å². The number of nitrogen functional groups attached to an aromatic ring is 1. The molecule has 1 amide bonds. The van der Waals surface area contributed by atoms with Crippen molar-refractivity contribution >= 4 is 17.6 Å². The highest BCUT2D eigenvalue weighted by Gasteiger charge is 2.14. The van der Waals surface area contributed by atoms with E-state index in [0.717, 1.165) is 5.56 Å². The Morgan fingerprint density at radius 3 is 2.71 bits per heavy atom. The Labute approximate surface area is 99.6 Å². The van der Waals surface area contributed by atoms with Gasteiger partial charge in [-0.3, -0.25) is 9.59 Å². The first-order valence-electron chi connectivity index (χ1n) is 5.29. The summed E-state index contributed by atoms with van der Waals surface area (Å²) in [4.78, 5) is 22.3. The van der Waals surface area contributed by atoms with Gasteiger partial charge in [0.05, 0.1) is 12.0 Å². The Morgan fingerprint density at radius 2 is 2.12 bits per heavy atom. The van der Waals surface area contributed by atoms with Gasteiger partial charge in [-0.1, -0.05) is 11.6 Å². The Balaban J connectivity index is 2.76. The van der Waals surface area contributed by atoms with Gasteiger partial charge in [-0.25, -0.2) is 0 Å². The highest BCUT2D eigenvalue weighted by molar-refractivity contribution is 5.99. The van der Waals surface area contributed by atoms with Crippen LogP contribution in [0.25, 0.3) is 0 Å². The van der Waals surface area contributed by atoms with Gasteiger partial charge >= 0.3 is 5.97 Å². The highest BCUT2D eigenvalue weighted by atomic mass is 16.4. The molecule has 0 saturated carbocycles. The lowest BCUT2D eigenvalue weighted by Crippen LogP contribution is -2.34. The molecule has 0 aliphatic rings. The molecule has 1 aromatic rings. The van der Waals surface area contributed by atoms with Gasteiger partial charge in [0.2, 0.25) is 0 Å². The molecule has 0 fully saturated rings. The lowest BCUT2D eigenvalue weighted by atomic mass is 10.1. The highest BCUT2D eigenvalue weighted by Crippen LogP contribution is 2.13. The third kappa shape index (κ3) is 3.79. The summed E-state index contributed by atoms with van der Waals surface area (Å²) in [7, 11) is 0. The average molecular weight is 236 g/mol. The Hall–Kier alpha value is -2.04. The second-order valence-corrected chi connectivity index (χ2v) is 4.06.